The summed E-state index contributed by atoms with van der Waals surface area (Å²) in [5, 5.41) is 0. The van der Waals surface area contributed by atoms with Gasteiger partial charge in [0.25, 0.3) is 0 Å². The van der Waals surface area contributed by atoms with Gasteiger partial charge in [0.1, 0.15) is 11.4 Å². The molecule has 0 bridgehead atoms. The zero-order valence-electron chi connectivity index (χ0n) is 12.2. The van der Waals surface area contributed by atoms with Gasteiger partial charge in [-0.3, -0.25) is 0 Å². The first-order valence-corrected chi connectivity index (χ1v) is 7.71. The van der Waals surface area contributed by atoms with Crippen LogP contribution < -0.4 is 11.3 Å². The molecule has 1 saturated heterocycles. The molecule has 5 nitrogen and oxygen atoms in total. The van der Waals surface area contributed by atoms with Crippen LogP contribution in [0.5, 0.6) is 0 Å². The number of ether oxygens (including phenoxy) is 1. The van der Waals surface area contributed by atoms with Gasteiger partial charge in [-0.05, 0) is 39.0 Å². The van der Waals surface area contributed by atoms with E-state index in [-0.39, 0.29) is 5.60 Å². The predicted molar refractivity (Wildman–Crippen MR) is 78.2 cm³/mol. The Hall–Kier alpha value is -1.20. The van der Waals surface area contributed by atoms with Crippen LogP contribution in [0.1, 0.15) is 69.3 Å². The topological polar surface area (TPSA) is 73.1 Å². The molecule has 2 heterocycles. The van der Waals surface area contributed by atoms with Gasteiger partial charge in [0, 0.05) is 24.3 Å². The largest absolute Gasteiger partial charge is 0.367 e. The summed E-state index contributed by atoms with van der Waals surface area (Å²) in [6.45, 7) is 2.89. The van der Waals surface area contributed by atoms with Gasteiger partial charge in [0.15, 0.2) is 5.82 Å². The number of anilines is 1. The highest BCUT2D eigenvalue weighted by Gasteiger charge is 2.34. The van der Waals surface area contributed by atoms with Crippen LogP contribution in [0.2, 0.25) is 0 Å². The minimum absolute atomic E-state index is 0.363. The molecule has 1 saturated carbocycles. The van der Waals surface area contributed by atoms with Crippen LogP contribution in [0.3, 0.4) is 0 Å². The molecule has 110 valence electrons. The molecule has 0 amide bonds. The maximum atomic E-state index is 5.98. The van der Waals surface area contributed by atoms with E-state index in [0.29, 0.717) is 11.7 Å². The lowest BCUT2D eigenvalue weighted by Crippen LogP contribution is -2.33. The Bertz CT molecular complexity index is 465. The van der Waals surface area contributed by atoms with Crippen LogP contribution in [0.25, 0.3) is 0 Å². The number of rotatable bonds is 3. The summed E-state index contributed by atoms with van der Waals surface area (Å²) in [6.07, 6.45) is 8.30. The molecular formula is C15H24N4O. The first-order valence-electron chi connectivity index (χ1n) is 7.71. The average molecular weight is 276 g/mol. The van der Waals surface area contributed by atoms with Gasteiger partial charge in [0.05, 0.1) is 0 Å². The molecule has 1 aliphatic carbocycles. The summed E-state index contributed by atoms with van der Waals surface area (Å²) in [7, 11) is 0. The molecule has 1 aliphatic heterocycles. The number of hydrogen-bond acceptors (Lipinski definition) is 5. The minimum atomic E-state index is -0.363. The van der Waals surface area contributed by atoms with E-state index in [1.807, 2.05) is 6.07 Å². The van der Waals surface area contributed by atoms with Crippen molar-refractivity contribution in [3.8, 4) is 0 Å². The Morgan fingerprint density at radius 1 is 1.25 bits per heavy atom. The van der Waals surface area contributed by atoms with Crippen molar-refractivity contribution < 1.29 is 4.74 Å². The van der Waals surface area contributed by atoms with Crippen LogP contribution >= 0.6 is 0 Å². The standard InChI is InChI=1S/C15H24N4O/c1-15(8-4-5-9-20-15)14-17-12(10-13(18-14)19-16)11-6-2-3-7-11/h10-11H,2-9,16H2,1H3,(H,17,18,19). The van der Waals surface area contributed by atoms with Crippen LogP contribution in [0.15, 0.2) is 6.07 Å². The predicted octanol–water partition coefficient (Wildman–Crippen LogP) is 2.84. The number of aromatic nitrogens is 2. The monoisotopic (exact) mass is 276 g/mol. The van der Waals surface area contributed by atoms with E-state index in [2.05, 4.69) is 17.3 Å². The molecule has 1 unspecified atom stereocenters. The number of nitrogens with two attached hydrogens (primary N) is 1. The summed E-state index contributed by atoms with van der Waals surface area (Å²) >= 11 is 0. The quantitative estimate of drug-likeness (QED) is 0.656. The third-order valence-electron chi connectivity index (χ3n) is 4.61. The molecule has 0 spiro atoms. The zero-order chi connectivity index (χ0) is 14.0. The SMILES string of the molecule is CC1(c2nc(NN)cc(C3CCCC3)n2)CCCCO1. The van der Waals surface area contributed by atoms with Crippen LogP contribution in [0, 0.1) is 0 Å². The van der Waals surface area contributed by atoms with E-state index in [1.54, 1.807) is 0 Å². The highest BCUT2D eigenvalue weighted by Crippen LogP contribution is 2.37. The van der Waals surface area contributed by atoms with E-state index in [0.717, 1.165) is 31.0 Å². The van der Waals surface area contributed by atoms with E-state index in [4.69, 9.17) is 15.6 Å². The van der Waals surface area contributed by atoms with Crippen molar-refractivity contribution in [1.82, 2.24) is 9.97 Å². The van der Waals surface area contributed by atoms with Crippen molar-refractivity contribution in [2.45, 2.75) is 63.4 Å². The first kappa shape index (κ1) is 13.8. The second kappa shape index (κ2) is 5.66. The lowest BCUT2D eigenvalue weighted by atomic mass is 9.94. The lowest BCUT2D eigenvalue weighted by molar-refractivity contribution is -0.0761. The summed E-state index contributed by atoms with van der Waals surface area (Å²) < 4.78 is 5.98. The second-order valence-electron chi connectivity index (χ2n) is 6.16. The fourth-order valence-electron chi connectivity index (χ4n) is 3.32. The molecule has 20 heavy (non-hydrogen) atoms. The van der Waals surface area contributed by atoms with Crippen molar-refractivity contribution in [2.75, 3.05) is 12.0 Å². The molecule has 3 rings (SSSR count). The van der Waals surface area contributed by atoms with Crippen molar-refractivity contribution in [2.24, 2.45) is 5.84 Å². The van der Waals surface area contributed by atoms with Crippen LogP contribution in [-0.2, 0) is 10.3 Å². The molecule has 2 fully saturated rings. The zero-order valence-corrected chi connectivity index (χ0v) is 12.2. The maximum Gasteiger partial charge on any atom is 0.162 e. The third-order valence-corrected chi connectivity index (χ3v) is 4.61. The van der Waals surface area contributed by atoms with Crippen molar-refractivity contribution in [1.29, 1.82) is 0 Å². The summed E-state index contributed by atoms with van der Waals surface area (Å²) in [6, 6.07) is 1.99. The molecular weight excluding hydrogens is 252 g/mol. The molecule has 0 radical (unpaired) electrons. The minimum Gasteiger partial charge on any atom is -0.367 e. The van der Waals surface area contributed by atoms with Gasteiger partial charge in [-0.1, -0.05) is 12.8 Å². The Morgan fingerprint density at radius 3 is 2.70 bits per heavy atom. The fraction of sp³-hybridized carbons (Fsp3) is 0.733. The molecule has 2 aliphatic rings. The Balaban J connectivity index is 1.94. The first-order chi connectivity index (χ1) is 9.71. The number of nitrogens with one attached hydrogen (secondary N) is 1. The highest BCUT2D eigenvalue weighted by molar-refractivity contribution is 5.36. The smallest absolute Gasteiger partial charge is 0.162 e. The van der Waals surface area contributed by atoms with Gasteiger partial charge in [-0.25, -0.2) is 15.8 Å². The summed E-state index contributed by atoms with van der Waals surface area (Å²) in [4.78, 5) is 9.37. The van der Waals surface area contributed by atoms with Gasteiger partial charge in [-0.2, -0.15) is 0 Å². The number of nitrogen functional groups attached to an aromatic ring is 1. The van der Waals surface area contributed by atoms with E-state index in [9.17, 15) is 0 Å². The average Bonchev–Trinajstić information content (AvgIpc) is 3.02. The normalized spacial score (nSPS) is 27.7. The van der Waals surface area contributed by atoms with Gasteiger partial charge < -0.3 is 10.2 Å². The Morgan fingerprint density at radius 2 is 2.05 bits per heavy atom. The Kier molecular flexibility index (Phi) is 3.89. The number of hydrazine groups is 1. The summed E-state index contributed by atoms with van der Waals surface area (Å²) in [5.74, 6) is 7.62. The van der Waals surface area contributed by atoms with E-state index in [1.165, 1.54) is 32.1 Å². The molecule has 1 aromatic rings. The summed E-state index contributed by atoms with van der Waals surface area (Å²) in [5.41, 5.74) is 3.44. The third kappa shape index (κ3) is 2.65. The molecule has 5 heteroatoms. The molecule has 0 aromatic carbocycles. The van der Waals surface area contributed by atoms with E-state index >= 15 is 0 Å². The van der Waals surface area contributed by atoms with Crippen molar-refractivity contribution in [3.63, 3.8) is 0 Å². The number of hydrogen-bond donors (Lipinski definition) is 2. The van der Waals surface area contributed by atoms with Gasteiger partial charge >= 0.3 is 0 Å². The van der Waals surface area contributed by atoms with Crippen molar-refractivity contribution >= 4 is 5.82 Å². The van der Waals surface area contributed by atoms with Crippen molar-refractivity contribution in [3.05, 3.63) is 17.6 Å². The fourth-order valence-corrected chi connectivity index (χ4v) is 3.32. The highest BCUT2D eigenvalue weighted by atomic mass is 16.5. The lowest BCUT2D eigenvalue weighted by Gasteiger charge is -2.33. The Labute approximate surface area is 120 Å². The van der Waals surface area contributed by atoms with E-state index < -0.39 is 0 Å². The van der Waals surface area contributed by atoms with Gasteiger partial charge in [-0.15, -0.1) is 0 Å². The second-order valence-corrected chi connectivity index (χ2v) is 6.16. The maximum absolute atomic E-state index is 5.98. The van der Waals surface area contributed by atoms with Crippen LogP contribution in [0.4, 0.5) is 5.82 Å². The number of nitrogens with zero attached hydrogens (tertiary/aromatic N) is 2. The molecule has 3 N–H and O–H groups in total. The van der Waals surface area contributed by atoms with Gasteiger partial charge in [0.2, 0.25) is 0 Å². The van der Waals surface area contributed by atoms with Crippen LogP contribution in [-0.4, -0.2) is 16.6 Å². The molecule has 1 atom stereocenters. The molecule has 1 aromatic heterocycles.